The van der Waals surface area contributed by atoms with E-state index in [1.807, 2.05) is 5.10 Å². The van der Waals surface area contributed by atoms with E-state index in [1.54, 1.807) is 0 Å². The van der Waals surface area contributed by atoms with Gasteiger partial charge in [-0.3, -0.25) is 9.89 Å². The van der Waals surface area contributed by atoms with Gasteiger partial charge in [-0.25, -0.2) is 4.79 Å². The standard InChI is InChI=1S/C7H6F3N3O3/c1-2-3(5(14)15)12-13-4(2)11-6(16)7(8,9)10/h1H3,(H,14,15)(H2,11,12,13,16). The summed E-state index contributed by atoms with van der Waals surface area (Å²) < 4.78 is 35.6. The second-order valence-corrected chi connectivity index (χ2v) is 2.83. The van der Waals surface area contributed by atoms with Crippen LogP contribution in [-0.4, -0.2) is 33.4 Å². The van der Waals surface area contributed by atoms with Gasteiger partial charge < -0.3 is 10.4 Å². The molecule has 0 saturated heterocycles. The Balaban J connectivity index is 2.92. The average molecular weight is 237 g/mol. The van der Waals surface area contributed by atoms with Crippen molar-refractivity contribution in [3.05, 3.63) is 11.3 Å². The van der Waals surface area contributed by atoms with Gasteiger partial charge in [0.05, 0.1) is 0 Å². The Kier molecular flexibility index (Phi) is 2.88. The van der Waals surface area contributed by atoms with Gasteiger partial charge in [0.25, 0.3) is 0 Å². The molecule has 0 aliphatic carbocycles. The fourth-order valence-electron chi connectivity index (χ4n) is 0.906. The van der Waals surface area contributed by atoms with Crippen molar-refractivity contribution < 1.29 is 27.9 Å². The predicted molar refractivity (Wildman–Crippen MR) is 45.0 cm³/mol. The third-order valence-corrected chi connectivity index (χ3v) is 1.71. The Bertz CT molecular complexity index is 438. The Labute approximate surface area is 86.5 Å². The molecule has 0 unspecified atom stereocenters. The molecule has 0 aromatic carbocycles. The summed E-state index contributed by atoms with van der Waals surface area (Å²) in [6.07, 6.45) is -5.05. The number of carboxylic acids is 1. The molecule has 1 aromatic heterocycles. The number of anilines is 1. The molecule has 16 heavy (non-hydrogen) atoms. The van der Waals surface area contributed by atoms with Crippen LogP contribution in [-0.2, 0) is 4.79 Å². The minimum absolute atomic E-state index is 0.0786. The molecule has 1 rings (SSSR count). The van der Waals surface area contributed by atoms with E-state index in [0.29, 0.717) is 0 Å². The van der Waals surface area contributed by atoms with Crippen LogP contribution in [0.3, 0.4) is 0 Å². The number of H-pyrrole nitrogens is 1. The number of aromatic nitrogens is 2. The highest BCUT2D eigenvalue weighted by atomic mass is 19.4. The Morgan fingerprint density at radius 3 is 2.38 bits per heavy atom. The summed E-state index contributed by atoms with van der Waals surface area (Å²) in [5.41, 5.74) is -0.456. The molecule has 1 amide bonds. The van der Waals surface area contributed by atoms with Gasteiger partial charge >= 0.3 is 18.1 Å². The number of carbonyl (C=O) groups excluding carboxylic acids is 1. The molecule has 0 aliphatic heterocycles. The number of nitrogens with zero attached hydrogens (tertiary/aromatic N) is 1. The van der Waals surface area contributed by atoms with Crippen LogP contribution in [0.25, 0.3) is 0 Å². The van der Waals surface area contributed by atoms with E-state index in [2.05, 4.69) is 5.10 Å². The zero-order valence-corrected chi connectivity index (χ0v) is 7.84. The smallest absolute Gasteiger partial charge is 0.471 e. The third kappa shape index (κ3) is 2.30. The first kappa shape index (κ1) is 12.0. The molecule has 0 fully saturated rings. The van der Waals surface area contributed by atoms with E-state index in [4.69, 9.17) is 5.11 Å². The fourth-order valence-corrected chi connectivity index (χ4v) is 0.906. The van der Waals surface area contributed by atoms with Crippen LogP contribution in [0.4, 0.5) is 19.0 Å². The molecule has 3 N–H and O–H groups in total. The maximum Gasteiger partial charge on any atom is 0.471 e. The summed E-state index contributed by atoms with van der Waals surface area (Å²) in [6, 6.07) is 0. The lowest BCUT2D eigenvalue weighted by Gasteiger charge is -2.05. The first-order valence-electron chi connectivity index (χ1n) is 3.90. The van der Waals surface area contributed by atoms with Gasteiger partial charge in [0, 0.05) is 5.56 Å². The van der Waals surface area contributed by atoms with E-state index in [-0.39, 0.29) is 11.3 Å². The lowest BCUT2D eigenvalue weighted by atomic mass is 10.2. The number of rotatable bonds is 2. The SMILES string of the molecule is Cc1c(NC(=O)C(F)(F)F)n[nH]c1C(=O)O. The molecule has 9 heteroatoms. The number of nitrogens with one attached hydrogen (secondary N) is 2. The zero-order chi connectivity index (χ0) is 12.5. The Hall–Kier alpha value is -2.06. The predicted octanol–water partition coefficient (Wildman–Crippen LogP) is 0.917. The molecule has 0 bridgehead atoms. The quantitative estimate of drug-likeness (QED) is 0.712. The number of alkyl halides is 3. The van der Waals surface area contributed by atoms with Crippen molar-refractivity contribution in [2.45, 2.75) is 13.1 Å². The van der Waals surface area contributed by atoms with E-state index < -0.39 is 23.9 Å². The highest BCUT2D eigenvalue weighted by molar-refractivity contribution is 5.96. The Morgan fingerprint density at radius 2 is 2.00 bits per heavy atom. The number of amides is 1. The number of aromatic amines is 1. The summed E-state index contributed by atoms with van der Waals surface area (Å²) in [6.45, 7) is 1.22. The lowest BCUT2D eigenvalue weighted by molar-refractivity contribution is -0.167. The summed E-state index contributed by atoms with van der Waals surface area (Å²) in [5, 5.41) is 15.3. The maximum atomic E-state index is 11.9. The highest BCUT2D eigenvalue weighted by Crippen LogP contribution is 2.20. The number of aromatic carboxylic acids is 1. The summed E-state index contributed by atoms with van der Waals surface area (Å²) in [4.78, 5) is 21.0. The number of carboxylic acid groups (broad SMARTS) is 1. The molecular formula is C7H6F3N3O3. The van der Waals surface area contributed by atoms with Crippen LogP contribution in [0.2, 0.25) is 0 Å². The monoisotopic (exact) mass is 237 g/mol. The minimum Gasteiger partial charge on any atom is -0.477 e. The topological polar surface area (TPSA) is 95.1 Å². The number of halogens is 3. The van der Waals surface area contributed by atoms with Gasteiger partial charge in [0.2, 0.25) is 0 Å². The van der Waals surface area contributed by atoms with Crippen LogP contribution < -0.4 is 5.32 Å². The highest BCUT2D eigenvalue weighted by Gasteiger charge is 2.39. The molecule has 0 spiro atoms. The van der Waals surface area contributed by atoms with Crippen molar-refractivity contribution in [3.8, 4) is 0 Å². The third-order valence-electron chi connectivity index (χ3n) is 1.71. The largest absolute Gasteiger partial charge is 0.477 e. The molecule has 6 nitrogen and oxygen atoms in total. The average Bonchev–Trinajstić information content (AvgIpc) is 2.46. The normalized spacial score (nSPS) is 11.2. The van der Waals surface area contributed by atoms with Gasteiger partial charge in [-0.05, 0) is 6.92 Å². The van der Waals surface area contributed by atoms with E-state index in [9.17, 15) is 22.8 Å². The molecule has 0 saturated carbocycles. The first-order chi connectivity index (χ1) is 7.23. The van der Waals surface area contributed by atoms with Crippen LogP contribution in [0.15, 0.2) is 0 Å². The molecular weight excluding hydrogens is 231 g/mol. The van der Waals surface area contributed by atoms with E-state index >= 15 is 0 Å². The van der Waals surface area contributed by atoms with Crippen LogP contribution in [0.5, 0.6) is 0 Å². The van der Waals surface area contributed by atoms with Crippen molar-refractivity contribution in [2.75, 3.05) is 5.32 Å². The lowest BCUT2D eigenvalue weighted by Crippen LogP contribution is -2.30. The minimum atomic E-state index is -5.05. The maximum absolute atomic E-state index is 11.9. The zero-order valence-electron chi connectivity index (χ0n) is 7.84. The molecule has 1 heterocycles. The number of carbonyl (C=O) groups is 2. The van der Waals surface area contributed by atoms with Crippen LogP contribution in [0, 0.1) is 6.92 Å². The summed E-state index contributed by atoms with van der Waals surface area (Å²) in [7, 11) is 0. The number of hydrogen-bond donors (Lipinski definition) is 3. The van der Waals surface area contributed by atoms with Crippen molar-refractivity contribution >= 4 is 17.7 Å². The van der Waals surface area contributed by atoms with Crippen LogP contribution >= 0.6 is 0 Å². The number of hydrogen-bond acceptors (Lipinski definition) is 3. The summed E-state index contributed by atoms with van der Waals surface area (Å²) in [5.74, 6) is -4.05. The second-order valence-electron chi connectivity index (χ2n) is 2.83. The van der Waals surface area contributed by atoms with E-state index in [0.717, 1.165) is 0 Å². The van der Waals surface area contributed by atoms with Crippen molar-refractivity contribution in [3.63, 3.8) is 0 Å². The summed E-state index contributed by atoms with van der Waals surface area (Å²) >= 11 is 0. The van der Waals surface area contributed by atoms with Crippen molar-refractivity contribution in [2.24, 2.45) is 0 Å². The van der Waals surface area contributed by atoms with Gasteiger partial charge in [0.1, 0.15) is 5.69 Å². The van der Waals surface area contributed by atoms with Gasteiger partial charge in [-0.2, -0.15) is 18.3 Å². The fraction of sp³-hybridized carbons (Fsp3) is 0.286. The molecule has 0 radical (unpaired) electrons. The molecule has 0 aliphatic rings. The first-order valence-corrected chi connectivity index (χ1v) is 3.90. The van der Waals surface area contributed by atoms with Crippen LogP contribution in [0.1, 0.15) is 16.1 Å². The second kappa shape index (κ2) is 3.83. The Morgan fingerprint density at radius 1 is 1.44 bits per heavy atom. The molecule has 0 atom stereocenters. The molecule has 88 valence electrons. The van der Waals surface area contributed by atoms with Gasteiger partial charge in [-0.15, -0.1) is 0 Å². The van der Waals surface area contributed by atoms with Crippen molar-refractivity contribution in [1.29, 1.82) is 0 Å². The molecule has 1 aromatic rings. The van der Waals surface area contributed by atoms with Gasteiger partial charge in [0.15, 0.2) is 5.82 Å². The van der Waals surface area contributed by atoms with Gasteiger partial charge in [-0.1, -0.05) is 0 Å². The van der Waals surface area contributed by atoms with E-state index in [1.165, 1.54) is 12.2 Å². The van der Waals surface area contributed by atoms with Crippen molar-refractivity contribution in [1.82, 2.24) is 10.2 Å².